The normalized spacial score (nSPS) is 14.3. The van der Waals surface area contributed by atoms with Gasteiger partial charge in [-0.2, -0.15) is 0 Å². The van der Waals surface area contributed by atoms with Crippen molar-refractivity contribution in [3.63, 3.8) is 0 Å². The first-order valence-electron chi connectivity index (χ1n) is 6.95. The maximum absolute atomic E-state index is 11.7. The first-order chi connectivity index (χ1) is 11.1. The Kier molecular flexibility index (Phi) is 4.07. The molecule has 2 aromatic rings. The van der Waals surface area contributed by atoms with Crippen molar-refractivity contribution in [2.75, 3.05) is 6.61 Å². The number of allylic oxidation sites excluding steroid dienone is 5. The number of fused-ring (bicyclic) bond motifs is 1. The Morgan fingerprint density at radius 1 is 1.43 bits per heavy atom. The van der Waals surface area contributed by atoms with Gasteiger partial charge >= 0.3 is 5.97 Å². The standard InChI is InChI=1S/C15H13N3O4S/c1-2-22-14(19)13-9-17-8-12(16-15(17)23-13)10-5-3-4-6-11(7-10)18(20)21/h3-6,8-9H,2,7H2,1H3. The van der Waals surface area contributed by atoms with Crippen LogP contribution in [0.3, 0.4) is 0 Å². The van der Waals surface area contributed by atoms with Crippen molar-refractivity contribution in [2.45, 2.75) is 13.3 Å². The van der Waals surface area contributed by atoms with Gasteiger partial charge in [0.15, 0.2) is 4.96 Å². The third-order valence-corrected chi connectivity index (χ3v) is 4.24. The van der Waals surface area contributed by atoms with Crippen molar-refractivity contribution in [1.82, 2.24) is 9.38 Å². The summed E-state index contributed by atoms with van der Waals surface area (Å²) >= 11 is 1.23. The molecule has 118 valence electrons. The van der Waals surface area contributed by atoms with Crippen LogP contribution in [0.2, 0.25) is 0 Å². The fourth-order valence-corrected chi connectivity index (χ4v) is 3.06. The number of esters is 1. The average Bonchev–Trinajstić information content (AvgIpc) is 2.97. The van der Waals surface area contributed by atoms with Crippen LogP contribution in [-0.2, 0) is 4.74 Å². The molecule has 0 bridgehead atoms. The van der Waals surface area contributed by atoms with Crippen LogP contribution in [0, 0.1) is 10.1 Å². The molecule has 0 fully saturated rings. The fraction of sp³-hybridized carbons (Fsp3) is 0.200. The van der Waals surface area contributed by atoms with E-state index in [-0.39, 0.29) is 23.0 Å². The predicted octanol–water partition coefficient (Wildman–Crippen LogP) is 3.08. The fourth-order valence-electron chi connectivity index (χ4n) is 2.20. The maximum Gasteiger partial charge on any atom is 0.349 e. The van der Waals surface area contributed by atoms with Crippen LogP contribution < -0.4 is 0 Å². The molecule has 2 heterocycles. The summed E-state index contributed by atoms with van der Waals surface area (Å²) in [7, 11) is 0. The van der Waals surface area contributed by atoms with Crippen LogP contribution in [0.25, 0.3) is 10.5 Å². The molecule has 3 rings (SSSR count). The number of nitrogens with zero attached hydrogens (tertiary/aromatic N) is 3. The molecule has 7 nitrogen and oxygen atoms in total. The Labute approximate surface area is 135 Å². The van der Waals surface area contributed by atoms with E-state index in [9.17, 15) is 14.9 Å². The van der Waals surface area contributed by atoms with Gasteiger partial charge in [-0.1, -0.05) is 29.6 Å². The van der Waals surface area contributed by atoms with Crippen LogP contribution in [0.4, 0.5) is 0 Å². The highest BCUT2D eigenvalue weighted by molar-refractivity contribution is 7.18. The zero-order chi connectivity index (χ0) is 16.4. The van der Waals surface area contributed by atoms with Crippen LogP contribution in [-0.4, -0.2) is 26.9 Å². The highest BCUT2D eigenvalue weighted by Gasteiger charge is 2.19. The lowest BCUT2D eigenvalue weighted by molar-refractivity contribution is -0.426. The third kappa shape index (κ3) is 3.07. The maximum atomic E-state index is 11.7. The molecule has 0 spiro atoms. The van der Waals surface area contributed by atoms with Crippen molar-refractivity contribution >= 4 is 27.8 Å². The Morgan fingerprint density at radius 2 is 2.22 bits per heavy atom. The Morgan fingerprint density at radius 3 is 2.91 bits per heavy atom. The van der Waals surface area contributed by atoms with Gasteiger partial charge in [0, 0.05) is 18.5 Å². The molecule has 0 amide bonds. The summed E-state index contributed by atoms with van der Waals surface area (Å²) in [5.74, 6) is -0.375. The minimum absolute atomic E-state index is 0.119. The SMILES string of the molecule is CCOC(=O)c1cn2cc(C3=CC=CC=C([N+](=O)[O-])C3)nc2s1. The second-order valence-corrected chi connectivity index (χ2v) is 5.81. The van der Waals surface area contributed by atoms with Crippen molar-refractivity contribution in [3.8, 4) is 0 Å². The number of carbonyl (C=O) groups is 1. The average molecular weight is 331 g/mol. The van der Waals surface area contributed by atoms with E-state index in [1.165, 1.54) is 17.4 Å². The zero-order valence-corrected chi connectivity index (χ0v) is 13.1. The Balaban J connectivity index is 1.89. The Hall–Kier alpha value is -2.74. The quantitative estimate of drug-likeness (QED) is 0.488. The molecule has 0 saturated heterocycles. The van der Waals surface area contributed by atoms with Gasteiger partial charge in [-0.05, 0) is 12.5 Å². The van der Waals surface area contributed by atoms with Crippen LogP contribution in [0.5, 0.6) is 0 Å². The number of nitro groups is 1. The largest absolute Gasteiger partial charge is 0.462 e. The van der Waals surface area contributed by atoms with Gasteiger partial charge in [0.25, 0.3) is 5.70 Å². The van der Waals surface area contributed by atoms with E-state index in [4.69, 9.17) is 4.74 Å². The summed E-state index contributed by atoms with van der Waals surface area (Å²) in [5, 5.41) is 11.0. The van der Waals surface area contributed by atoms with E-state index < -0.39 is 0 Å². The number of hydrogen-bond acceptors (Lipinski definition) is 6. The number of aromatic nitrogens is 2. The van der Waals surface area contributed by atoms with Gasteiger partial charge in [0.1, 0.15) is 4.88 Å². The molecule has 0 atom stereocenters. The van der Waals surface area contributed by atoms with Crippen LogP contribution >= 0.6 is 11.3 Å². The number of hydrogen-bond donors (Lipinski definition) is 0. The summed E-state index contributed by atoms with van der Waals surface area (Å²) < 4.78 is 6.69. The molecule has 0 aromatic carbocycles. The Bertz CT molecular complexity index is 841. The lowest BCUT2D eigenvalue weighted by atomic mass is 10.1. The van der Waals surface area contributed by atoms with Gasteiger partial charge in [-0.15, -0.1) is 0 Å². The van der Waals surface area contributed by atoms with Crippen molar-refractivity contribution in [3.05, 3.63) is 63.1 Å². The van der Waals surface area contributed by atoms with Gasteiger partial charge in [-0.25, -0.2) is 9.78 Å². The summed E-state index contributed by atoms with van der Waals surface area (Å²) in [5.41, 5.74) is 1.54. The highest BCUT2D eigenvalue weighted by Crippen LogP contribution is 2.27. The second-order valence-electron chi connectivity index (χ2n) is 4.80. The van der Waals surface area contributed by atoms with Gasteiger partial charge in [0.2, 0.25) is 0 Å². The van der Waals surface area contributed by atoms with Gasteiger partial charge in [-0.3, -0.25) is 14.5 Å². The number of ether oxygens (including phenoxy) is 1. The smallest absolute Gasteiger partial charge is 0.349 e. The van der Waals surface area contributed by atoms with E-state index in [1.807, 2.05) is 6.08 Å². The minimum atomic E-state index is -0.388. The number of thiazole rings is 1. The predicted molar refractivity (Wildman–Crippen MR) is 85.8 cm³/mol. The molecule has 23 heavy (non-hydrogen) atoms. The molecule has 2 aromatic heterocycles. The molecule has 0 radical (unpaired) electrons. The monoisotopic (exact) mass is 331 g/mol. The van der Waals surface area contributed by atoms with Crippen LogP contribution in [0.1, 0.15) is 28.7 Å². The first kappa shape index (κ1) is 15.2. The molecule has 0 unspecified atom stereocenters. The lowest BCUT2D eigenvalue weighted by Gasteiger charge is -2.00. The highest BCUT2D eigenvalue weighted by atomic mass is 32.1. The molecular formula is C15H13N3O4S. The van der Waals surface area contributed by atoms with Crippen molar-refractivity contribution < 1.29 is 14.5 Å². The van der Waals surface area contributed by atoms with E-state index in [1.54, 1.807) is 35.9 Å². The number of rotatable bonds is 4. The number of carbonyl (C=O) groups excluding carboxylic acids is 1. The van der Waals surface area contributed by atoms with Gasteiger partial charge in [0.05, 0.1) is 23.6 Å². The molecule has 1 aliphatic rings. The zero-order valence-electron chi connectivity index (χ0n) is 12.3. The second kappa shape index (κ2) is 6.17. The summed E-state index contributed by atoms with van der Waals surface area (Å²) in [6, 6.07) is 0. The summed E-state index contributed by atoms with van der Waals surface area (Å²) in [6.07, 6.45) is 10.3. The number of imidazole rings is 1. The molecule has 8 heteroatoms. The first-order valence-corrected chi connectivity index (χ1v) is 7.77. The molecule has 0 saturated carbocycles. The summed E-state index contributed by atoms with van der Waals surface area (Å²) in [4.78, 5) is 27.9. The topological polar surface area (TPSA) is 86.7 Å². The summed E-state index contributed by atoms with van der Waals surface area (Å²) in [6.45, 7) is 2.07. The van der Waals surface area contributed by atoms with Crippen LogP contribution in [0.15, 0.2) is 42.4 Å². The van der Waals surface area contributed by atoms with E-state index >= 15 is 0 Å². The lowest BCUT2D eigenvalue weighted by Crippen LogP contribution is -2.02. The minimum Gasteiger partial charge on any atom is -0.462 e. The van der Waals surface area contributed by atoms with Crippen molar-refractivity contribution in [2.24, 2.45) is 0 Å². The molecule has 0 aliphatic heterocycles. The third-order valence-electron chi connectivity index (χ3n) is 3.26. The molecular weight excluding hydrogens is 318 g/mol. The van der Waals surface area contributed by atoms with Crippen molar-refractivity contribution in [1.29, 1.82) is 0 Å². The van der Waals surface area contributed by atoms with E-state index in [0.717, 1.165) is 5.57 Å². The molecule has 1 aliphatic carbocycles. The van der Waals surface area contributed by atoms with E-state index in [0.29, 0.717) is 22.1 Å². The molecule has 0 N–H and O–H groups in total. The van der Waals surface area contributed by atoms with E-state index in [2.05, 4.69) is 4.98 Å². The van der Waals surface area contributed by atoms with Gasteiger partial charge < -0.3 is 4.74 Å².